The molecule has 0 rings (SSSR count). The lowest BCUT2D eigenvalue weighted by atomic mass is 10.5. The fourth-order valence-corrected chi connectivity index (χ4v) is 0.561. The standard InChI is InChI=1S/C5H10N2O3S/c1-2-5(8)7-3-4(6)11(9)10/h2,4H,1,3,6H2,(H,7,8)(H,9,10)/p-1. The average molecular weight is 177 g/mol. The zero-order valence-electron chi connectivity index (χ0n) is 5.78. The molecule has 2 unspecified atom stereocenters. The predicted molar refractivity (Wildman–Crippen MR) is 40.1 cm³/mol. The molecule has 6 heteroatoms. The van der Waals surface area contributed by atoms with Crippen LogP contribution < -0.4 is 11.1 Å². The molecule has 5 nitrogen and oxygen atoms in total. The summed E-state index contributed by atoms with van der Waals surface area (Å²) in [6, 6.07) is 0. The Morgan fingerprint density at radius 2 is 2.45 bits per heavy atom. The molecule has 0 aromatic rings. The van der Waals surface area contributed by atoms with Gasteiger partial charge in [-0.15, -0.1) is 0 Å². The molecule has 0 spiro atoms. The zero-order valence-corrected chi connectivity index (χ0v) is 6.60. The third-order valence-electron chi connectivity index (χ3n) is 0.910. The first kappa shape index (κ1) is 10.3. The number of carbonyl (C=O) groups is 1. The van der Waals surface area contributed by atoms with Crippen LogP contribution >= 0.6 is 0 Å². The smallest absolute Gasteiger partial charge is 0.243 e. The third-order valence-corrected chi connectivity index (χ3v) is 1.57. The SMILES string of the molecule is C=CC(=O)NCC(N)S(=O)[O-]. The second-order valence-electron chi connectivity index (χ2n) is 1.75. The first-order valence-corrected chi connectivity index (χ1v) is 3.95. The summed E-state index contributed by atoms with van der Waals surface area (Å²) in [6.07, 6.45) is 1.04. The van der Waals surface area contributed by atoms with Crippen molar-refractivity contribution in [2.45, 2.75) is 5.37 Å². The molecule has 64 valence electrons. The summed E-state index contributed by atoms with van der Waals surface area (Å²) in [5.74, 6) is -0.439. The molecule has 0 aromatic heterocycles. The minimum absolute atomic E-state index is 0.0963. The van der Waals surface area contributed by atoms with Gasteiger partial charge in [0.15, 0.2) is 0 Å². The molecule has 0 saturated heterocycles. The van der Waals surface area contributed by atoms with E-state index in [9.17, 15) is 13.6 Å². The van der Waals surface area contributed by atoms with Gasteiger partial charge in [0, 0.05) is 6.54 Å². The molecule has 0 aromatic carbocycles. The van der Waals surface area contributed by atoms with E-state index >= 15 is 0 Å². The lowest BCUT2D eigenvalue weighted by molar-refractivity contribution is -0.116. The van der Waals surface area contributed by atoms with Gasteiger partial charge in [0.1, 0.15) is 0 Å². The second-order valence-corrected chi connectivity index (χ2v) is 2.87. The van der Waals surface area contributed by atoms with E-state index < -0.39 is 22.4 Å². The fraction of sp³-hybridized carbons (Fsp3) is 0.400. The van der Waals surface area contributed by atoms with Gasteiger partial charge in [-0.3, -0.25) is 9.00 Å². The normalized spacial score (nSPS) is 15.1. The van der Waals surface area contributed by atoms with E-state index in [1.165, 1.54) is 0 Å². The van der Waals surface area contributed by atoms with Gasteiger partial charge in [-0.05, 0) is 17.2 Å². The number of carbonyl (C=O) groups excluding carboxylic acids is 1. The van der Waals surface area contributed by atoms with Crippen LogP contribution in [0, 0.1) is 0 Å². The van der Waals surface area contributed by atoms with Crippen LogP contribution in [0.2, 0.25) is 0 Å². The van der Waals surface area contributed by atoms with Gasteiger partial charge in [-0.2, -0.15) is 0 Å². The fourth-order valence-electron chi connectivity index (χ4n) is 0.341. The van der Waals surface area contributed by atoms with Gasteiger partial charge in [0.05, 0.1) is 5.37 Å². The minimum Gasteiger partial charge on any atom is -0.771 e. The summed E-state index contributed by atoms with van der Waals surface area (Å²) in [6.45, 7) is 3.08. The van der Waals surface area contributed by atoms with Crippen molar-refractivity contribution in [1.29, 1.82) is 0 Å². The molecule has 1 amide bonds. The topological polar surface area (TPSA) is 95.2 Å². The van der Waals surface area contributed by atoms with Crippen LogP contribution in [0.15, 0.2) is 12.7 Å². The average Bonchev–Trinajstić information content (AvgIpc) is 1.99. The molecule has 0 saturated carbocycles. The summed E-state index contributed by atoms with van der Waals surface area (Å²) in [5.41, 5.74) is 5.06. The van der Waals surface area contributed by atoms with Crippen molar-refractivity contribution in [3.8, 4) is 0 Å². The van der Waals surface area contributed by atoms with Crippen molar-refractivity contribution in [2.24, 2.45) is 5.73 Å². The van der Waals surface area contributed by atoms with Crippen LogP contribution in [0.4, 0.5) is 0 Å². The first-order valence-electron chi connectivity index (χ1n) is 2.82. The Balaban J connectivity index is 3.62. The first-order chi connectivity index (χ1) is 5.07. The van der Waals surface area contributed by atoms with Crippen molar-refractivity contribution in [3.63, 3.8) is 0 Å². The van der Waals surface area contributed by atoms with E-state index in [1.54, 1.807) is 0 Å². The minimum atomic E-state index is -2.35. The summed E-state index contributed by atoms with van der Waals surface area (Å²) >= 11 is -2.35. The second kappa shape index (κ2) is 5.00. The van der Waals surface area contributed by atoms with Crippen molar-refractivity contribution in [3.05, 3.63) is 12.7 Å². The van der Waals surface area contributed by atoms with E-state index in [0.29, 0.717) is 0 Å². The molecule has 2 atom stereocenters. The number of hydrogen-bond donors (Lipinski definition) is 2. The highest BCUT2D eigenvalue weighted by molar-refractivity contribution is 7.79. The summed E-state index contributed by atoms with van der Waals surface area (Å²) < 4.78 is 20.2. The Morgan fingerprint density at radius 1 is 1.91 bits per heavy atom. The maximum Gasteiger partial charge on any atom is 0.243 e. The summed E-state index contributed by atoms with van der Waals surface area (Å²) in [7, 11) is 0. The van der Waals surface area contributed by atoms with Crippen molar-refractivity contribution in [2.75, 3.05) is 6.54 Å². The van der Waals surface area contributed by atoms with Crippen molar-refractivity contribution in [1.82, 2.24) is 5.32 Å². The molecule has 11 heavy (non-hydrogen) atoms. The van der Waals surface area contributed by atoms with Gasteiger partial charge < -0.3 is 15.6 Å². The highest BCUT2D eigenvalue weighted by Gasteiger charge is 2.02. The largest absolute Gasteiger partial charge is 0.771 e. The molecule has 0 aliphatic heterocycles. The number of hydrogen-bond acceptors (Lipinski definition) is 4. The van der Waals surface area contributed by atoms with Gasteiger partial charge in [-0.25, -0.2) is 0 Å². The lowest BCUT2D eigenvalue weighted by Gasteiger charge is -2.13. The van der Waals surface area contributed by atoms with Crippen molar-refractivity contribution >= 4 is 17.0 Å². The van der Waals surface area contributed by atoms with Gasteiger partial charge >= 0.3 is 0 Å². The van der Waals surface area contributed by atoms with Crippen LogP contribution in [0.5, 0.6) is 0 Å². The summed E-state index contributed by atoms with van der Waals surface area (Å²) in [5, 5.41) is 1.18. The Labute approximate surface area is 66.9 Å². The van der Waals surface area contributed by atoms with E-state index in [4.69, 9.17) is 5.73 Å². The van der Waals surface area contributed by atoms with E-state index in [0.717, 1.165) is 6.08 Å². The third kappa shape index (κ3) is 4.65. The van der Waals surface area contributed by atoms with E-state index in [-0.39, 0.29) is 6.54 Å². The lowest BCUT2D eigenvalue weighted by Crippen LogP contribution is -2.39. The number of amides is 1. The molecular formula is C5H9N2O3S-. The number of nitrogens with one attached hydrogen (secondary N) is 1. The monoisotopic (exact) mass is 177 g/mol. The Kier molecular flexibility index (Phi) is 4.67. The Bertz CT molecular complexity index is 183. The number of rotatable bonds is 4. The molecule has 0 fully saturated rings. The maximum absolute atomic E-state index is 10.5. The molecule has 0 bridgehead atoms. The Hall–Kier alpha value is -0.720. The van der Waals surface area contributed by atoms with E-state index in [1.807, 2.05) is 0 Å². The van der Waals surface area contributed by atoms with Gasteiger partial charge in [0.2, 0.25) is 5.91 Å². The quantitative estimate of drug-likeness (QED) is 0.401. The van der Waals surface area contributed by atoms with Crippen LogP contribution in [-0.2, 0) is 15.9 Å². The van der Waals surface area contributed by atoms with Crippen molar-refractivity contribution < 1.29 is 13.6 Å². The highest BCUT2D eigenvalue weighted by atomic mass is 32.2. The van der Waals surface area contributed by atoms with Crippen LogP contribution in [0.25, 0.3) is 0 Å². The van der Waals surface area contributed by atoms with Gasteiger partial charge in [0.25, 0.3) is 0 Å². The van der Waals surface area contributed by atoms with Crippen LogP contribution in [0.3, 0.4) is 0 Å². The maximum atomic E-state index is 10.5. The Morgan fingerprint density at radius 3 is 2.82 bits per heavy atom. The highest BCUT2D eigenvalue weighted by Crippen LogP contribution is 1.80. The zero-order chi connectivity index (χ0) is 8.85. The molecular weight excluding hydrogens is 168 g/mol. The molecule has 0 aliphatic rings. The van der Waals surface area contributed by atoms with E-state index in [2.05, 4.69) is 11.9 Å². The molecule has 0 aliphatic carbocycles. The summed E-state index contributed by atoms with van der Waals surface area (Å²) in [4.78, 5) is 10.5. The molecule has 0 radical (unpaired) electrons. The van der Waals surface area contributed by atoms with Crippen LogP contribution in [0.1, 0.15) is 0 Å². The van der Waals surface area contributed by atoms with Gasteiger partial charge in [-0.1, -0.05) is 6.58 Å². The van der Waals surface area contributed by atoms with Crippen LogP contribution in [-0.4, -0.2) is 26.6 Å². The molecule has 0 heterocycles. The predicted octanol–water partition coefficient (Wildman–Crippen LogP) is -1.55. The molecule has 3 N–H and O–H groups in total. The number of nitrogens with two attached hydrogens (primary N) is 1.